The molecule has 1 aromatic carbocycles. The van der Waals surface area contributed by atoms with Crippen molar-refractivity contribution < 1.29 is 19.8 Å². The van der Waals surface area contributed by atoms with Crippen molar-refractivity contribution in [2.45, 2.75) is 70.8 Å². The molecule has 5 heteroatoms. The number of allylic oxidation sites excluding steroid dienone is 2. The summed E-state index contributed by atoms with van der Waals surface area (Å²) in [6.07, 6.45) is 12.4. The summed E-state index contributed by atoms with van der Waals surface area (Å²) in [5.41, 5.74) is 0.751. The van der Waals surface area contributed by atoms with Crippen LogP contribution in [0.1, 0.15) is 63.9 Å². The molecular formula is C21H31NO4. The fourth-order valence-electron chi connectivity index (χ4n) is 2.64. The van der Waals surface area contributed by atoms with Crippen molar-refractivity contribution in [2.24, 2.45) is 0 Å². The largest absolute Gasteiger partial charge is 0.508 e. The third-order valence-corrected chi connectivity index (χ3v) is 4.18. The highest BCUT2D eigenvalue weighted by atomic mass is 16.4. The molecule has 144 valence electrons. The van der Waals surface area contributed by atoms with Gasteiger partial charge in [0.2, 0.25) is 5.91 Å². The van der Waals surface area contributed by atoms with E-state index in [1.54, 1.807) is 12.1 Å². The zero-order valence-corrected chi connectivity index (χ0v) is 15.6. The number of phenols is 1. The highest BCUT2D eigenvalue weighted by Crippen LogP contribution is 2.12. The van der Waals surface area contributed by atoms with Crippen molar-refractivity contribution in [1.82, 2.24) is 5.32 Å². The lowest BCUT2D eigenvalue weighted by atomic mass is 10.1. The van der Waals surface area contributed by atoms with Gasteiger partial charge in [0.1, 0.15) is 11.8 Å². The molecule has 0 saturated heterocycles. The number of carboxylic acid groups (broad SMARTS) is 1. The Balaban J connectivity index is 2.27. The van der Waals surface area contributed by atoms with Gasteiger partial charge in [-0.1, -0.05) is 50.5 Å². The topological polar surface area (TPSA) is 86.6 Å². The molecule has 0 radical (unpaired) electrons. The summed E-state index contributed by atoms with van der Waals surface area (Å²) in [7, 11) is 0. The van der Waals surface area contributed by atoms with Gasteiger partial charge in [0.05, 0.1) is 0 Å². The standard InChI is InChI=1S/C21H31NO4/c1-2-3-4-5-6-7-8-9-10-11-20(24)22-19(21(25)26)16-17-12-14-18(23)15-13-17/h7-8,12-15,19,23H,2-6,9-11,16H2,1H3,(H,22,24)(H,25,26). The Morgan fingerprint density at radius 2 is 1.69 bits per heavy atom. The van der Waals surface area contributed by atoms with E-state index >= 15 is 0 Å². The van der Waals surface area contributed by atoms with Crippen molar-refractivity contribution >= 4 is 11.9 Å². The first kappa shape index (κ1) is 21.7. The summed E-state index contributed by atoms with van der Waals surface area (Å²) in [6, 6.07) is 5.36. The third-order valence-electron chi connectivity index (χ3n) is 4.18. The quantitative estimate of drug-likeness (QED) is 0.363. The second kappa shape index (κ2) is 13.0. The van der Waals surface area contributed by atoms with E-state index in [1.165, 1.54) is 37.8 Å². The summed E-state index contributed by atoms with van der Waals surface area (Å²) in [5, 5.41) is 21.1. The van der Waals surface area contributed by atoms with Gasteiger partial charge in [-0.25, -0.2) is 4.79 Å². The molecule has 0 saturated carbocycles. The number of hydrogen-bond acceptors (Lipinski definition) is 3. The molecule has 0 spiro atoms. The smallest absolute Gasteiger partial charge is 0.326 e. The van der Waals surface area contributed by atoms with Crippen LogP contribution in [-0.4, -0.2) is 28.1 Å². The van der Waals surface area contributed by atoms with Crippen LogP contribution >= 0.6 is 0 Å². The maximum atomic E-state index is 12.0. The predicted octanol–water partition coefficient (Wildman–Crippen LogP) is 4.20. The van der Waals surface area contributed by atoms with E-state index in [2.05, 4.69) is 24.4 Å². The van der Waals surface area contributed by atoms with Gasteiger partial charge in [-0.2, -0.15) is 0 Å². The number of carbonyl (C=O) groups is 2. The molecule has 1 atom stereocenters. The summed E-state index contributed by atoms with van der Waals surface area (Å²) >= 11 is 0. The van der Waals surface area contributed by atoms with Gasteiger partial charge >= 0.3 is 5.97 Å². The van der Waals surface area contributed by atoms with Crippen LogP contribution < -0.4 is 5.32 Å². The summed E-state index contributed by atoms with van der Waals surface area (Å²) in [6.45, 7) is 2.19. The normalized spacial score (nSPS) is 12.2. The molecule has 1 aromatic rings. The van der Waals surface area contributed by atoms with Gasteiger partial charge in [0.15, 0.2) is 0 Å². The number of carbonyl (C=O) groups excluding carboxylic acids is 1. The third kappa shape index (κ3) is 9.87. The predicted molar refractivity (Wildman–Crippen MR) is 103 cm³/mol. The Bertz CT molecular complexity index is 566. The van der Waals surface area contributed by atoms with Crippen LogP contribution in [0.4, 0.5) is 0 Å². The van der Waals surface area contributed by atoms with Crippen molar-refractivity contribution in [3.05, 3.63) is 42.0 Å². The molecule has 0 heterocycles. The minimum absolute atomic E-state index is 0.128. The fourth-order valence-corrected chi connectivity index (χ4v) is 2.64. The maximum Gasteiger partial charge on any atom is 0.326 e. The molecule has 26 heavy (non-hydrogen) atoms. The Labute approximate surface area is 156 Å². The lowest BCUT2D eigenvalue weighted by Crippen LogP contribution is -2.42. The summed E-state index contributed by atoms with van der Waals surface area (Å²) in [4.78, 5) is 23.3. The molecule has 0 aliphatic rings. The van der Waals surface area contributed by atoms with E-state index in [-0.39, 0.29) is 18.1 Å². The zero-order chi connectivity index (χ0) is 19.2. The second-order valence-corrected chi connectivity index (χ2v) is 6.54. The molecule has 1 rings (SSSR count). The number of phenolic OH excluding ortho intramolecular Hbond substituents is 1. The first-order valence-corrected chi connectivity index (χ1v) is 9.48. The van der Waals surface area contributed by atoms with Crippen LogP contribution in [0, 0.1) is 0 Å². The number of rotatable bonds is 13. The lowest BCUT2D eigenvalue weighted by molar-refractivity contribution is -0.141. The molecule has 5 nitrogen and oxygen atoms in total. The van der Waals surface area contributed by atoms with Crippen molar-refractivity contribution in [3.63, 3.8) is 0 Å². The molecule has 3 N–H and O–H groups in total. The lowest BCUT2D eigenvalue weighted by Gasteiger charge is -2.14. The van der Waals surface area contributed by atoms with E-state index in [9.17, 15) is 19.8 Å². The number of aromatic hydroxyl groups is 1. The van der Waals surface area contributed by atoms with Gasteiger partial charge in [-0.15, -0.1) is 0 Å². The number of amides is 1. The average molecular weight is 361 g/mol. The molecule has 0 aliphatic carbocycles. The van der Waals surface area contributed by atoms with Crippen LogP contribution in [-0.2, 0) is 16.0 Å². The molecule has 0 fully saturated rings. The minimum atomic E-state index is -1.06. The molecular weight excluding hydrogens is 330 g/mol. The number of carboxylic acids is 1. The van der Waals surface area contributed by atoms with Crippen LogP contribution in [0.3, 0.4) is 0 Å². The second-order valence-electron chi connectivity index (χ2n) is 6.54. The number of unbranched alkanes of at least 4 members (excludes halogenated alkanes) is 5. The number of benzene rings is 1. The molecule has 0 aromatic heterocycles. The van der Waals surface area contributed by atoms with Crippen molar-refractivity contribution in [3.8, 4) is 5.75 Å². The Hall–Kier alpha value is -2.30. The highest BCUT2D eigenvalue weighted by molar-refractivity contribution is 5.83. The zero-order valence-electron chi connectivity index (χ0n) is 15.6. The van der Waals surface area contributed by atoms with Gasteiger partial charge in [0, 0.05) is 12.8 Å². The van der Waals surface area contributed by atoms with E-state index in [0.717, 1.165) is 18.4 Å². The van der Waals surface area contributed by atoms with Gasteiger partial charge < -0.3 is 15.5 Å². The molecule has 0 bridgehead atoms. The van der Waals surface area contributed by atoms with Crippen LogP contribution in [0.5, 0.6) is 5.75 Å². The van der Waals surface area contributed by atoms with Gasteiger partial charge in [0.25, 0.3) is 0 Å². The monoisotopic (exact) mass is 361 g/mol. The first-order valence-electron chi connectivity index (χ1n) is 9.48. The van der Waals surface area contributed by atoms with Gasteiger partial charge in [-0.3, -0.25) is 4.79 Å². The average Bonchev–Trinajstić information content (AvgIpc) is 2.61. The highest BCUT2D eigenvalue weighted by Gasteiger charge is 2.20. The van der Waals surface area contributed by atoms with Gasteiger partial charge in [-0.05, 0) is 43.4 Å². The van der Waals surface area contributed by atoms with E-state index < -0.39 is 12.0 Å². The van der Waals surface area contributed by atoms with Crippen molar-refractivity contribution in [2.75, 3.05) is 0 Å². The van der Waals surface area contributed by atoms with E-state index in [1.807, 2.05) is 0 Å². The first-order chi connectivity index (χ1) is 12.5. The number of aliphatic carboxylic acids is 1. The Morgan fingerprint density at radius 1 is 1.04 bits per heavy atom. The molecule has 0 aliphatic heterocycles. The SMILES string of the molecule is CCCCCCC=CCCCC(=O)NC(Cc1ccc(O)cc1)C(=O)O. The van der Waals surface area contributed by atoms with E-state index in [0.29, 0.717) is 12.8 Å². The maximum absolute atomic E-state index is 12.0. The van der Waals surface area contributed by atoms with Crippen LogP contribution in [0.2, 0.25) is 0 Å². The minimum Gasteiger partial charge on any atom is -0.508 e. The molecule has 1 unspecified atom stereocenters. The number of hydrogen-bond donors (Lipinski definition) is 3. The summed E-state index contributed by atoms with van der Waals surface area (Å²) < 4.78 is 0. The Kier molecular flexibility index (Phi) is 10.9. The summed E-state index contributed by atoms with van der Waals surface area (Å²) in [5.74, 6) is -1.17. The van der Waals surface area contributed by atoms with E-state index in [4.69, 9.17) is 0 Å². The van der Waals surface area contributed by atoms with Crippen molar-refractivity contribution in [1.29, 1.82) is 0 Å². The number of nitrogens with one attached hydrogen (secondary N) is 1. The fraction of sp³-hybridized carbons (Fsp3) is 0.524. The van der Waals surface area contributed by atoms with Crippen LogP contribution in [0.15, 0.2) is 36.4 Å². The Morgan fingerprint density at radius 3 is 2.31 bits per heavy atom. The van der Waals surface area contributed by atoms with Crippen LogP contribution in [0.25, 0.3) is 0 Å². The molecule has 1 amide bonds.